The number of alkyl halides is 1. The highest BCUT2D eigenvalue weighted by molar-refractivity contribution is 6.17. The normalized spacial score (nSPS) is 16.8. The van der Waals surface area contributed by atoms with E-state index in [2.05, 4.69) is 16.5 Å². The number of nitrogens with zero attached hydrogens (tertiary/aromatic N) is 2. The average Bonchev–Trinajstić information content (AvgIpc) is 3.13. The fourth-order valence-corrected chi connectivity index (χ4v) is 3.06. The van der Waals surface area contributed by atoms with E-state index < -0.39 is 0 Å². The minimum absolute atomic E-state index is 0.184. The van der Waals surface area contributed by atoms with Crippen molar-refractivity contribution in [3.63, 3.8) is 0 Å². The third kappa shape index (κ3) is 2.32. The summed E-state index contributed by atoms with van der Waals surface area (Å²) in [6, 6.07) is 3.46. The molecule has 1 fully saturated rings. The van der Waals surface area contributed by atoms with Gasteiger partial charge in [-0.05, 0) is 43.2 Å². The summed E-state index contributed by atoms with van der Waals surface area (Å²) in [7, 11) is 0. The second-order valence-electron chi connectivity index (χ2n) is 6.00. The summed E-state index contributed by atoms with van der Waals surface area (Å²) in [6.45, 7) is 5.04. The van der Waals surface area contributed by atoms with Crippen LogP contribution in [0.15, 0.2) is 12.1 Å². The Labute approximate surface area is 123 Å². The molecule has 0 amide bonds. The van der Waals surface area contributed by atoms with E-state index >= 15 is 0 Å². The number of aryl methyl sites for hydroxylation is 2. The van der Waals surface area contributed by atoms with Gasteiger partial charge in [0.2, 0.25) is 0 Å². The van der Waals surface area contributed by atoms with Gasteiger partial charge in [-0.1, -0.05) is 6.92 Å². The van der Waals surface area contributed by atoms with Crippen molar-refractivity contribution in [3.8, 4) is 0 Å². The molecule has 2 aromatic rings. The molecule has 1 aliphatic carbocycles. The van der Waals surface area contributed by atoms with Crippen LogP contribution in [0, 0.1) is 18.2 Å². The Balaban J connectivity index is 2.10. The Morgan fingerprint density at radius 1 is 1.40 bits per heavy atom. The maximum Gasteiger partial charge on any atom is 0.128 e. The van der Waals surface area contributed by atoms with E-state index in [1.807, 2.05) is 6.07 Å². The predicted molar refractivity (Wildman–Crippen MR) is 80.8 cm³/mol. The van der Waals surface area contributed by atoms with E-state index in [-0.39, 0.29) is 5.82 Å². The van der Waals surface area contributed by atoms with Gasteiger partial charge in [0.1, 0.15) is 11.6 Å². The van der Waals surface area contributed by atoms with Crippen LogP contribution in [0.2, 0.25) is 0 Å². The zero-order valence-corrected chi connectivity index (χ0v) is 12.8. The second-order valence-corrected chi connectivity index (χ2v) is 6.37. The highest BCUT2D eigenvalue weighted by atomic mass is 35.5. The molecule has 0 aliphatic heterocycles. The number of halogens is 2. The first-order chi connectivity index (χ1) is 9.58. The number of imidazole rings is 1. The summed E-state index contributed by atoms with van der Waals surface area (Å²) in [4.78, 5) is 4.59. The predicted octanol–water partition coefficient (Wildman–Crippen LogP) is 4.46. The smallest absolute Gasteiger partial charge is 0.128 e. The molecule has 1 aromatic carbocycles. The maximum atomic E-state index is 13.7. The van der Waals surface area contributed by atoms with E-state index in [4.69, 9.17) is 11.6 Å². The van der Waals surface area contributed by atoms with Gasteiger partial charge in [-0.2, -0.15) is 0 Å². The summed E-state index contributed by atoms with van der Waals surface area (Å²) >= 11 is 5.89. The maximum absolute atomic E-state index is 13.7. The lowest BCUT2D eigenvalue weighted by Gasteiger charge is -2.16. The van der Waals surface area contributed by atoms with Crippen LogP contribution in [0.3, 0.4) is 0 Å². The van der Waals surface area contributed by atoms with Gasteiger partial charge < -0.3 is 4.57 Å². The molecule has 3 rings (SSSR count). The summed E-state index contributed by atoms with van der Waals surface area (Å²) in [6.07, 6.45) is 4.48. The first kappa shape index (κ1) is 13.9. The van der Waals surface area contributed by atoms with Crippen molar-refractivity contribution < 1.29 is 4.39 Å². The van der Waals surface area contributed by atoms with Crippen LogP contribution >= 0.6 is 11.6 Å². The lowest BCUT2D eigenvalue weighted by Crippen LogP contribution is -2.14. The molecule has 20 heavy (non-hydrogen) atoms. The standard InChI is InChI=1S/C16H20ClFN2/c1-3-16(5-6-16)10-20-14-8-11(2)12(18)9-13(14)19-15(20)4-7-17/h8-9H,3-7,10H2,1-2H3. The molecule has 0 bridgehead atoms. The molecule has 0 unspecified atom stereocenters. The second kappa shape index (κ2) is 5.03. The number of hydrogen-bond donors (Lipinski definition) is 0. The minimum atomic E-state index is -0.184. The van der Waals surface area contributed by atoms with Gasteiger partial charge in [-0.25, -0.2) is 9.37 Å². The van der Waals surface area contributed by atoms with Crippen LogP contribution in [0.1, 0.15) is 37.6 Å². The van der Waals surface area contributed by atoms with Gasteiger partial charge >= 0.3 is 0 Å². The third-order valence-corrected chi connectivity index (χ3v) is 4.82. The fourth-order valence-electron chi connectivity index (χ4n) is 2.89. The van der Waals surface area contributed by atoms with E-state index in [0.717, 1.165) is 29.8 Å². The Morgan fingerprint density at radius 3 is 2.75 bits per heavy atom. The fraction of sp³-hybridized carbons (Fsp3) is 0.562. The van der Waals surface area contributed by atoms with Crippen LogP contribution in [-0.2, 0) is 13.0 Å². The van der Waals surface area contributed by atoms with Crippen molar-refractivity contribution in [2.75, 3.05) is 5.88 Å². The Bertz CT molecular complexity index is 643. The molecule has 1 aliphatic rings. The Kier molecular flexibility index (Phi) is 3.49. The summed E-state index contributed by atoms with van der Waals surface area (Å²) in [5, 5.41) is 0. The van der Waals surface area contributed by atoms with Crippen LogP contribution in [0.25, 0.3) is 11.0 Å². The van der Waals surface area contributed by atoms with Crippen LogP contribution in [-0.4, -0.2) is 15.4 Å². The number of hydrogen-bond acceptors (Lipinski definition) is 1. The van der Waals surface area contributed by atoms with Gasteiger partial charge in [-0.3, -0.25) is 0 Å². The SMILES string of the molecule is CCC1(Cn2c(CCCl)nc3cc(F)c(C)cc32)CC1. The molecule has 4 heteroatoms. The van der Waals surface area contributed by atoms with Gasteiger partial charge in [0.25, 0.3) is 0 Å². The molecule has 0 saturated heterocycles. The summed E-state index contributed by atoms with van der Waals surface area (Å²) in [5.74, 6) is 1.35. The van der Waals surface area contributed by atoms with Crippen molar-refractivity contribution in [1.29, 1.82) is 0 Å². The molecular formula is C16H20ClFN2. The highest BCUT2D eigenvalue weighted by Gasteiger charge is 2.41. The first-order valence-corrected chi connectivity index (χ1v) is 7.83. The molecule has 1 aromatic heterocycles. The van der Waals surface area contributed by atoms with E-state index in [0.29, 0.717) is 16.9 Å². The topological polar surface area (TPSA) is 17.8 Å². The molecule has 0 spiro atoms. The van der Waals surface area contributed by atoms with Crippen LogP contribution in [0.4, 0.5) is 4.39 Å². The lowest BCUT2D eigenvalue weighted by molar-refractivity contribution is 0.408. The zero-order chi connectivity index (χ0) is 14.3. The van der Waals surface area contributed by atoms with Gasteiger partial charge in [0.05, 0.1) is 11.0 Å². The lowest BCUT2D eigenvalue weighted by atomic mass is 10.0. The van der Waals surface area contributed by atoms with Crippen molar-refractivity contribution in [1.82, 2.24) is 9.55 Å². The van der Waals surface area contributed by atoms with Crippen molar-refractivity contribution >= 4 is 22.6 Å². The first-order valence-electron chi connectivity index (χ1n) is 7.30. The Morgan fingerprint density at radius 2 is 2.15 bits per heavy atom. The van der Waals surface area contributed by atoms with E-state index in [1.165, 1.54) is 19.3 Å². The molecule has 0 atom stereocenters. The van der Waals surface area contributed by atoms with Crippen molar-refractivity contribution in [3.05, 3.63) is 29.3 Å². The van der Waals surface area contributed by atoms with Gasteiger partial charge in [0, 0.05) is 24.9 Å². The van der Waals surface area contributed by atoms with Crippen LogP contribution < -0.4 is 0 Å². The van der Waals surface area contributed by atoms with Gasteiger partial charge in [-0.15, -0.1) is 11.6 Å². The number of benzene rings is 1. The third-order valence-electron chi connectivity index (χ3n) is 4.63. The molecule has 1 saturated carbocycles. The largest absolute Gasteiger partial charge is 0.327 e. The molecule has 1 heterocycles. The molecule has 0 N–H and O–H groups in total. The highest BCUT2D eigenvalue weighted by Crippen LogP contribution is 2.50. The zero-order valence-electron chi connectivity index (χ0n) is 12.0. The molecular weight excluding hydrogens is 275 g/mol. The van der Waals surface area contributed by atoms with Gasteiger partial charge in [0.15, 0.2) is 0 Å². The number of fused-ring (bicyclic) bond motifs is 1. The number of rotatable bonds is 5. The van der Waals surface area contributed by atoms with Crippen molar-refractivity contribution in [2.24, 2.45) is 5.41 Å². The number of aromatic nitrogens is 2. The summed E-state index contributed by atoms with van der Waals surface area (Å²) in [5.41, 5.74) is 2.90. The van der Waals surface area contributed by atoms with Crippen LogP contribution in [0.5, 0.6) is 0 Å². The quantitative estimate of drug-likeness (QED) is 0.745. The summed E-state index contributed by atoms with van der Waals surface area (Å²) < 4.78 is 16.0. The minimum Gasteiger partial charge on any atom is -0.327 e. The average molecular weight is 295 g/mol. The molecule has 2 nitrogen and oxygen atoms in total. The van der Waals surface area contributed by atoms with E-state index in [9.17, 15) is 4.39 Å². The molecule has 108 valence electrons. The molecule has 0 radical (unpaired) electrons. The van der Waals surface area contributed by atoms with Crippen molar-refractivity contribution in [2.45, 2.75) is 46.1 Å². The Hall–Kier alpha value is -1.09. The monoisotopic (exact) mass is 294 g/mol. The van der Waals surface area contributed by atoms with E-state index in [1.54, 1.807) is 13.0 Å².